The van der Waals surface area contributed by atoms with Gasteiger partial charge in [0.15, 0.2) is 0 Å². The maximum atomic E-state index is 11.5. The van der Waals surface area contributed by atoms with Crippen molar-refractivity contribution in [3.8, 4) is 0 Å². The summed E-state index contributed by atoms with van der Waals surface area (Å²) in [5.74, 6) is 0.619. The number of likely N-dealkylation sites (tertiary alicyclic amines) is 1. The van der Waals surface area contributed by atoms with E-state index >= 15 is 0 Å². The third-order valence-electron chi connectivity index (χ3n) is 2.31. The summed E-state index contributed by atoms with van der Waals surface area (Å²) in [5, 5.41) is 0. The molecule has 1 heterocycles. The molecule has 1 aliphatic rings. The number of carbonyl (C=O) groups excluding carboxylic acids is 1. The van der Waals surface area contributed by atoms with Crippen molar-refractivity contribution in [2.75, 3.05) is 13.1 Å². The van der Waals surface area contributed by atoms with Crippen LogP contribution in [0.25, 0.3) is 0 Å². The molecule has 3 nitrogen and oxygen atoms in total. The Morgan fingerprint density at radius 3 is 2.53 bits per heavy atom. The number of nitrogens with zero attached hydrogens (tertiary/aromatic N) is 1. The van der Waals surface area contributed by atoms with E-state index in [0.717, 1.165) is 19.5 Å². The quantitative estimate of drug-likeness (QED) is 0.657. The lowest BCUT2D eigenvalue weighted by Crippen LogP contribution is -2.51. The Labute approximate surface area is 92.1 Å². The van der Waals surface area contributed by atoms with E-state index in [0.29, 0.717) is 5.92 Å². The van der Waals surface area contributed by atoms with Crippen LogP contribution in [0.4, 0.5) is 4.79 Å². The number of carbonyl (C=O) groups is 1. The fraction of sp³-hybridized carbons (Fsp3) is 0.750. The monoisotopic (exact) mass is 211 g/mol. The van der Waals surface area contributed by atoms with Crippen LogP contribution in [0.15, 0.2) is 12.2 Å². The molecule has 0 aliphatic carbocycles. The zero-order valence-electron chi connectivity index (χ0n) is 10.1. The summed E-state index contributed by atoms with van der Waals surface area (Å²) in [5.41, 5.74) is -0.383. The molecule has 1 amide bonds. The van der Waals surface area contributed by atoms with Crippen molar-refractivity contribution >= 4 is 6.09 Å². The lowest BCUT2D eigenvalue weighted by atomic mass is 9.97. The first-order valence-corrected chi connectivity index (χ1v) is 5.51. The molecule has 1 saturated heterocycles. The van der Waals surface area contributed by atoms with Gasteiger partial charge >= 0.3 is 6.09 Å². The maximum Gasteiger partial charge on any atom is 0.410 e. The van der Waals surface area contributed by atoms with Crippen LogP contribution in [0.3, 0.4) is 0 Å². The molecular formula is C12H21NO2. The summed E-state index contributed by atoms with van der Waals surface area (Å²) in [6.45, 7) is 9.36. The molecule has 86 valence electrons. The lowest BCUT2D eigenvalue weighted by molar-refractivity contribution is -0.000513. The van der Waals surface area contributed by atoms with Crippen molar-refractivity contribution in [2.24, 2.45) is 5.92 Å². The van der Waals surface area contributed by atoms with Crippen molar-refractivity contribution in [1.82, 2.24) is 4.90 Å². The molecule has 0 radical (unpaired) electrons. The summed E-state index contributed by atoms with van der Waals surface area (Å²) in [6, 6.07) is 0. The van der Waals surface area contributed by atoms with Gasteiger partial charge in [-0.1, -0.05) is 12.2 Å². The van der Waals surface area contributed by atoms with Crippen LogP contribution in [0, 0.1) is 5.92 Å². The molecule has 1 aliphatic heterocycles. The van der Waals surface area contributed by atoms with Gasteiger partial charge in [-0.15, -0.1) is 0 Å². The molecule has 0 aromatic rings. The average molecular weight is 211 g/mol. The third-order valence-corrected chi connectivity index (χ3v) is 2.31. The highest BCUT2D eigenvalue weighted by Gasteiger charge is 2.32. The number of rotatable bonds is 2. The van der Waals surface area contributed by atoms with E-state index in [1.54, 1.807) is 4.90 Å². The Morgan fingerprint density at radius 1 is 1.47 bits per heavy atom. The SMILES string of the molecule is C/C=C/CC1CN(C(=O)OC(C)(C)C)C1. The zero-order chi connectivity index (χ0) is 11.5. The molecule has 0 atom stereocenters. The van der Waals surface area contributed by atoms with Gasteiger partial charge in [0.05, 0.1) is 0 Å². The molecule has 0 aromatic heterocycles. The van der Waals surface area contributed by atoms with E-state index in [4.69, 9.17) is 4.74 Å². The first kappa shape index (κ1) is 12.1. The number of ether oxygens (including phenoxy) is 1. The summed E-state index contributed by atoms with van der Waals surface area (Å²) < 4.78 is 5.26. The van der Waals surface area contributed by atoms with Crippen LogP contribution >= 0.6 is 0 Å². The van der Waals surface area contributed by atoms with E-state index in [1.165, 1.54) is 0 Å². The standard InChI is InChI=1S/C12H21NO2/c1-5-6-7-10-8-13(9-10)11(14)15-12(2,3)4/h5-6,10H,7-9H2,1-4H3/b6-5+. The predicted molar refractivity (Wildman–Crippen MR) is 60.7 cm³/mol. The third kappa shape index (κ3) is 3.94. The fourth-order valence-corrected chi connectivity index (χ4v) is 1.52. The van der Waals surface area contributed by atoms with E-state index in [1.807, 2.05) is 27.7 Å². The summed E-state index contributed by atoms with van der Waals surface area (Å²) >= 11 is 0. The second-order valence-corrected chi connectivity index (χ2v) is 5.06. The van der Waals surface area contributed by atoms with E-state index in [9.17, 15) is 4.79 Å². The molecule has 0 bridgehead atoms. The van der Waals surface area contributed by atoms with Crippen LogP contribution in [0.1, 0.15) is 34.1 Å². The van der Waals surface area contributed by atoms with Gasteiger partial charge in [0.1, 0.15) is 5.60 Å². The smallest absolute Gasteiger partial charge is 0.410 e. The van der Waals surface area contributed by atoms with Gasteiger partial charge < -0.3 is 9.64 Å². The molecule has 0 saturated carbocycles. The fourth-order valence-electron chi connectivity index (χ4n) is 1.52. The highest BCUT2D eigenvalue weighted by molar-refractivity contribution is 5.69. The highest BCUT2D eigenvalue weighted by atomic mass is 16.6. The molecule has 1 fully saturated rings. The van der Waals surface area contributed by atoms with Crippen molar-refractivity contribution in [2.45, 2.75) is 39.7 Å². The average Bonchev–Trinajstić information content (AvgIpc) is 1.98. The van der Waals surface area contributed by atoms with E-state index in [-0.39, 0.29) is 11.7 Å². The molecule has 0 aromatic carbocycles. The predicted octanol–water partition coefficient (Wildman–Crippen LogP) is 2.82. The second kappa shape index (κ2) is 4.69. The minimum Gasteiger partial charge on any atom is -0.444 e. The highest BCUT2D eigenvalue weighted by Crippen LogP contribution is 2.22. The van der Waals surface area contributed by atoms with Gasteiger partial charge in [-0.05, 0) is 40.0 Å². The number of amides is 1. The number of hydrogen-bond acceptors (Lipinski definition) is 2. The van der Waals surface area contributed by atoms with Crippen LogP contribution in [-0.2, 0) is 4.74 Å². The van der Waals surface area contributed by atoms with Gasteiger partial charge in [-0.25, -0.2) is 4.79 Å². The van der Waals surface area contributed by atoms with Crippen LogP contribution in [0.2, 0.25) is 0 Å². The largest absolute Gasteiger partial charge is 0.444 e. The molecule has 0 spiro atoms. The summed E-state index contributed by atoms with van der Waals surface area (Å²) in [7, 11) is 0. The maximum absolute atomic E-state index is 11.5. The van der Waals surface area contributed by atoms with Crippen LogP contribution in [0.5, 0.6) is 0 Å². The first-order valence-electron chi connectivity index (χ1n) is 5.51. The number of allylic oxidation sites excluding steroid dienone is 2. The molecule has 0 N–H and O–H groups in total. The Morgan fingerprint density at radius 2 is 2.07 bits per heavy atom. The van der Waals surface area contributed by atoms with Gasteiger partial charge in [-0.3, -0.25) is 0 Å². The molecule has 15 heavy (non-hydrogen) atoms. The Hall–Kier alpha value is -0.990. The van der Waals surface area contributed by atoms with Gasteiger partial charge in [0, 0.05) is 13.1 Å². The van der Waals surface area contributed by atoms with Gasteiger partial charge in [-0.2, -0.15) is 0 Å². The number of hydrogen-bond donors (Lipinski definition) is 0. The second-order valence-electron chi connectivity index (χ2n) is 5.06. The zero-order valence-corrected chi connectivity index (χ0v) is 10.1. The van der Waals surface area contributed by atoms with Crippen molar-refractivity contribution < 1.29 is 9.53 Å². The molecule has 1 rings (SSSR count). The van der Waals surface area contributed by atoms with E-state index < -0.39 is 0 Å². The Balaban J connectivity index is 2.24. The molecular weight excluding hydrogens is 190 g/mol. The molecule has 3 heteroatoms. The first-order chi connectivity index (χ1) is 6.92. The summed E-state index contributed by atoms with van der Waals surface area (Å²) in [6.07, 6.45) is 5.09. The minimum atomic E-state index is -0.383. The normalized spacial score (nSPS) is 18.0. The summed E-state index contributed by atoms with van der Waals surface area (Å²) in [4.78, 5) is 13.3. The van der Waals surface area contributed by atoms with Gasteiger partial charge in [0.2, 0.25) is 0 Å². The Bertz CT molecular complexity index is 247. The van der Waals surface area contributed by atoms with E-state index in [2.05, 4.69) is 12.2 Å². The lowest BCUT2D eigenvalue weighted by Gasteiger charge is -2.39. The van der Waals surface area contributed by atoms with Crippen molar-refractivity contribution in [1.29, 1.82) is 0 Å². The van der Waals surface area contributed by atoms with Gasteiger partial charge in [0.25, 0.3) is 0 Å². The van der Waals surface area contributed by atoms with Crippen LogP contribution in [-0.4, -0.2) is 29.7 Å². The minimum absolute atomic E-state index is 0.181. The van der Waals surface area contributed by atoms with Crippen molar-refractivity contribution in [3.05, 3.63) is 12.2 Å². The molecule has 0 unspecified atom stereocenters. The van der Waals surface area contributed by atoms with Crippen LogP contribution < -0.4 is 0 Å². The van der Waals surface area contributed by atoms with Crippen molar-refractivity contribution in [3.63, 3.8) is 0 Å². The topological polar surface area (TPSA) is 29.5 Å². The Kier molecular flexibility index (Phi) is 3.77.